The monoisotopic (exact) mass is 503 g/mol. The predicted octanol–water partition coefficient (Wildman–Crippen LogP) is 4.06. The van der Waals surface area contributed by atoms with Gasteiger partial charge in [0.15, 0.2) is 0 Å². The van der Waals surface area contributed by atoms with E-state index in [0.717, 1.165) is 11.1 Å². The summed E-state index contributed by atoms with van der Waals surface area (Å²) in [5.74, 6) is 0.0434. The van der Waals surface area contributed by atoms with Crippen LogP contribution in [0, 0.1) is 20.8 Å². The summed E-state index contributed by atoms with van der Waals surface area (Å²) in [6.07, 6.45) is 5.52. The number of aliphatic hydroxyl groups is 1. The Balaban J connectivity index is 1.45. The Morgan fingerprint density at radius 3 is 2.44 bits per heavy atom. The van der Waals surface area contributed by atoms with Crippen LogP contribution in [0.25, 0.3) is 11.1 Å². The molecule has 0 spiro atoms. The summed E-state index contributed by atoms with van der Waals surface area (Å²) in [5.41, 5.74) is 6.54. The summed E-state index contributed by atoms with van der Waals surface area (Å²) in [5, 5.41) is 10.3. The van der Waals surface area contributed by atoms with Crippen molar-refractivity contribution in [1.82, 2.24) is 14.2 Å². The van der Waals surface area contributed by atoms with Crippen molar-refractivity contribution in [2.45, 2.75) is 43.7 Å². The predicted molar refractivity (Wildman–Crippen MR) is 142 cm³/mol. The van der Waals surface area contributed by atoms with Crippen molar-refractivity contribution in [2.24, 2.45) is 0 Å². The smallest absolute Gasteiger partial charge is 0.245 e. The van der Waals surface area contributed by atoms with E-state index in [0.29, 0.717) is 25.3 Å². The van der Waals surface area contributed by atoms with Gasteiger partial charge in [-0.2, -0.15) is 4.31 Å². The third-order valence-electron chi connectivity index (χ3n) is 7.84. The molecule has 0 radical (unpaired) electrons. The molecule has 0 saturated carbocycles. The Morgan fingerprint density at radius 2 is 1.72 bits per heavy atom. The molecule has 3 atom stereocenters. The van der Waals surface area contributed by atoms with Gasteiger partial charge in [0.1, 0.15) is 4.90 Å². The van der Waals surface area contributed by atoms with E-state index in [1.54, 1.807) is 29.6 Å². The molecule has 0 bridgehead atoms. The Labute approximate surface area is 214 Å². The summed E-state index contributed by atoms with van der Waals surface area (Å²) in [7, 11) is -3.71. The quantitative estimate of drug-likeness (QED) is 0.532. The van der Waals surface area contributed by atoms with Crippen molar-refractivity contribution in [3.05, 3.63) is 95.3 Å². The van der Waals surface area contributed by atoms with Crippen LogP contribution in [0.3, 0.4) is 0 Å². The minimum Gasteiger partial charge on any atom is -0.395 e. The van der Waals surface area contributed by atoms with Crippen LogP contribution in [-0.4, -0.2) is 66.0 Å². The SMILES string of the molecule is Cc1cccc(-c2ccc([C@@H]3[C@@H](CO)N4C/C=C\CN(S(=O)(=O)c5cccnc5C)C[C@@H]34)cc2)c1C. The van der Waals surface area contributed by atoms with Crippen LogP contribution in [0.4, 0.5) is 0 Å². The molecular weight excluding hydrogens is 470 g/mol. The molecule has 5 rings (SSSR count). The largest absolute Gasteiger partial charge is 0.395 e. The molecule has 1 N–H and O–H groups in total. The van der Waals surface area contributed by atoms with Gasteiger partial charge < -0.3 is 5.11 Å². The van der Waals surface area contributed by atoms with Gasteiger partial charge in [0, 0.05) is 43.8 Å². The molecule has 7 heteroatoms. The fourth-order valence-corrected chi connectivity index (χ4v) is 7.25. The number of aliphatic hydroxyl groups excluding tert-OH is 1. The molecule has 1 fully saturated rings. The Morgan fingerprint density at radius 1 is 0.972 bits per heavy atom. The van der Waals surface area contributed by atoms with E-state index in [1.807, 2.05) is 12.2 Å². The molecule has 2 aliphatic heterocycles. The summed E-state index contributed by atoms with van der Waals surface area (Å²) in [6, 6.07) is 18.1. The molecular formula is C29H33N3O3S. The third kappa shape index (κ3) is 4.30. The zero-order valence-electron chi connectivity index (χ0n) is 21.0. The molecule has 188 valence electrons. The average molecular weight is 504 g/mol. The highest BCUT2D eigenvalue weighted by Gasteiger charge is 2.50. The second kappa shape index (κ2) is 9.90. The summed E-state index contributed by atoms with van der Waals surface area (Å²) < 4.78 is 28.7. The first-order valence-corrected chi connectivity index (χ1v) is 13.9. The molecule has 0 unspecified atom stereocenters. The number of rotatable bonds is 5. The molecule has 1 aromatic heterocycles. The zero-order valence-corrected chi connectivity index (χ0v) is 21.8. The molecule has 1 saturated heterocycles. The number of aryl methyl sites for hydroxylation is 2. The van der Waals surface area contributed by atoms with E-state index in [-0.39, 0.29) is 29.5 Å². The van der Waals surface area contributed by atoms with Gasteiger partial charge in [-0.15, -0.1) is 0 Å². The van der Waals surface area contributed by atoms with Crippen LogP contribution in [0.5, 0.6) is 0 Å². The zero-order chi connectivity index (χ0) is 25.4. The van der Waals surface area contributed by atoms with Crippen LogP contribution >= 0.6 is 0 Å². The van der Waals surface area contributed by atoms with Crippen LogP contribution in [0.1, 0.15) is 28.3 Å². The Bertz CT molecular complexity index is 1390. The lowest BCUT2D eigenvalue weighted by Crippen LogP contribution is -2.67. The number of hydrogen-bond acceptors (Lipinski definition) is 5. The number of sulfonamides is 1. The number of nitrogens with zero attached hydrogens (tertiary/aromatic N) is 3. The van der Waals surface area contributed by atoms with Gasteiger partial charge in [0.05, 0.1) is 12.3 Å². The highest BCUT2D eigenvalue weighted by molar-refractivity contribution is 7.89. The van der Waals surface area contributed by atoms with Gasteiger partial charge in [-0.05, 0) is 60.7 Å². The second-order valence-corrected chi connectivity index (χ2v) is 11.7. The molecule has 2 aliphatic rings. The van der Waals surface area contributed by atoms with E-state index in [4.69, 9.17) is 0 Å². The topological polar surface area (TPSA) is 73.7 Å². The van der Waals surface area contributed by atoms with Crippen LogP contribution < -0.4 is 0 Å². The van der Waals surface area contributed by atoms with Crippen LogP contribution in [0.15, 0.2) is 77.8 Å². The fraction of sp³-hybridized carbons (Fsp3) is 0.345. The van der Waals surface area contributed by atoms with Gasteiger partial charge in [-0.1, -0.05) is 54.6 Å². The highest BCUT2D eigenvalue weighted by atomic mass is 32.2. The van der Waals surface area contributed by atoms with Crippen molar-refractivity contribution < 1.29 is 13.5 Å². The minimum atomic E-state index is -3.71. The maximum absolute atomic E-state index is 13.6. The summed E-state index contributed by atoms with van der Waals surface area (Å²) in [4.78, 5) is 6.66. The van der Waals surface area contributed by atoms with Crippen molar-refractivity contribution in [2.75, 3.05) is 26.2 Å². The Hall–Kier alpha value is -2.84. The first-order chi connectivity index (χ1) is 17.3. The third-order valence-corrected chi connectivity index (χ3v) is 9.80. The first kappa shape index (κ1) is 24.8. The minimum absolute atomic E-state index is 0.0228. The maximum atomic E-state index is 13.6. The van der Waals surface area contributed by atoms with Gasteiger partial charge in [0.25, 0.3) is 0 Å². The van der Waals surface area contributed by atoms with E-state index in [9.17, 15) is 13.5 Å². The molecule has 0 amide bonds. The van der Waals surface area contributed by atoms with Crippen molar-refractivity contribution in [1.29, 1.82) is 0 Å². The lowest BCUT2D eigenvalue weighted by Gasteiger charge is -2.56. The van der Waals surface area contributed by atoms with E-state index in [2.05, 4.69) is 66.2 Å². The van der Waals surface area contributed by atoms with Gasteiger partial charge in [-0.3, -0.25) is 9.88 Å². The molecule has 6 nitrogen and oxygen atoms in total. The normalized spacial score (nSPS) is 23.8. The van der Waals surface area contributed by atoms with E-state index < -0.39 is 10.0 Å². The number of benzene rings is 2. The highest BCUT2D eigenvalue weighted by Crippen LogP contribution is 2.42. The Kier molecular flexibility index (Phi) is 6.83. The van der Waals surface area contributed by atoms with Gasteiger partial charge in [0.2, 0.25) is 10.0 Å². The summed E-state index contributed by atoms with van der Waals surface area (Å²) in [6.45, 7) is 7.41. The summed E-state index contributed by atoms with van der Waals surface area (Å²) >= 11 is 0. The van der Waals surface area contributed by atoms with Crippen LogP contribution in [-0.2, 0) is 10.0 Å². The number of fused-ring (bicyclic) bond motifs is 1. The average Bonchev–Trinajstić information content (AvgIpc) is 2.85. The number of hydrogen-bond donors (Lipinski definition) is 1. The molecule has 0 aliphatic carbocycles. The lowest BCUT2D eigenvalue weighted by atomic mass is 9.74. The molecule has 2 aromatic carbocycles. The van der Waals surface area contributed by atoms with E-state index in [1.165, 1.54) is 16.7 Å². The van der Waals surface area contributed by atoms with E-state index >= 15 is 0 Å². The first-order valence-electron chi connectivity index (χ1n) is 12.4. The van der Waals surface area contributed by atoms with Gasteiger partial charge >= 0.3 is 0 Å². The van der Waals surface area contributed by atoms with Crippen LogP contribution in [0.2, 0.25) is 0 Å². The van der Waals surface area contributed by atoms with Crippen molar-refractivity contribution in [3.63, 3.8) is 0 Å². The molecule has 3 aromatic rings. The number of pyridine rings is 1. The lowest BCUT2D eigenvalue weighted by molar-refractivity contribution is -0.0415. The number of aromatic nitrogens is 1. The fourth-order valence-electron chi connectivity index (χ4n) is 5.66. The van der Waals surface area contributed by atoms with Crippen molar-refractivity contribution >= 4 is 10.0 Å². The standard InChI is InChI=1S/C29H33N3O3S/c1-20-8-6-9-25(21(20)2)23-11-13-24(14-12-23)29-26-18-31(16-4-5-17-32(26)27(29)19-33)36(34,35)28-10-7-15-30-22(28)3/h4-15,26-27,29,33H,16-19H2,1-3H3/b5-4-/t26-,27+,29-/m0/s1. The van der Waals surface area contributed by atoms with Crippen molar-refractivity contribution in [3.8, 4) is 11.1 Å². The molecule has 36 heavy (non-hydrogen) atoms. The molecule has 3 heterocycles. The maximum Gasteiger partial charge on any atom is 0.245 e. The second-order valence-electron chi connectivity index (χ2n) is 9.79. The van der Waals surface area contributed by atoms with Gasteiger partial charge in [-0.25, -0.2) is 8.42 Å².